The van der Waals surface area contributed by atoms with Crippen LogP contribution in [0.2, 0.25) is 0 Å². The molecule has 0 aliphatic rings. The highest BCUT2D eigenvalue weighted by Gasteiger charge is 2.35. The van der Waals surface area contributed by atoms with Crippen LogP contribution in [-0.4, -0.2) is 46.3 Å². The second-order valence-corrected chi connectivity index (χ2v) is 8.54. The maximum Gasteiger partial charge on any atom is 0.324 e. The van der Waals surface area contributed by atoms with Crippen LogP contribution in [0.5, 0.6) is 11.5 Å². The molecule has 3 aromatic rings. The number of carbonyl (C=O) groups is 1. The lowest BCUT2D eigenvalue weighted by Gasteiger charge is -2.31. The van der Waals surface area contributed by atoms with Crippen molar-refractivity contribution in [3.05, 3.63) is 74.6 Å². The lowest BCUT2D eigenvalue weighted by Crippen LogP contribution is -2.44. The van der Waals surface area contributed by atoms with E-state index < -0.39 is 18.1 Å². The average Bonchev–Trinajstić information content (AvgIpc) is 3.21. The van der Waals surface area contributed by atoms with Crippen molar-refractivity contribution in [3.8, 4) is 11.5 Å². The third-order valence-electron chi connectivity index (χ3n) is 4.78. The summed E-state index contributed by atoms with van der Waals surface area (Å²) in [6, 6.07) is 13.6. The predicted octanol–water partition coefficient (Wildman–Crippen LogP) is 4.11. The van der Waals surface area contributed by atoms with Gasteiger partial charge in [0, 0.05) is 18.5 Å². The quantitative estimate of drug-likeness (QED) is 0.427. The van der Waals surface area contributed by atoms with Crippen LogP contribution < -0.4 is 9.47 Å². The van der Waals surface area contributed by atoms with Crippen LogP contribution in [0.3, 0.4) is 0 Å². The molecule has 31 heavy (non-hydrogen) atoms. The lowest BCUT2D eigenvalue weighted by atomic mass is 10.1. The Hall–Kier alpha value is -2.46. The van der Waals surface area contributed by atoms with E-state index in [2.05, 4.69) is 20.9 Å². The SMILES string of the molecule is COc1ccc(CN(Cc2ccc(OC)cc2)[C@H](C(=O)O)[C@H](O)c2nc(Br)cs2)cc1. The van der Waals surface area contributed by atoms with Gasteiger partial charge in [-0.25, -0.2) is 4.98 Å². The van der Waals surface area contributed by atoms with Gasteiger partial charge in [-0.1, -0.05) is 24.3 Å². The first-order chi connectivity index (χ1) is 14.9. The summed E-state index contributed by atoms with van der Waals surface area (Å²) >= 11 is 4.47. The van der Waals surface area contributed by atoms with E-state index in [4.69, 9.17) is 9.47 Å². The van der Waals surface area contributed by atoms with Crippen LogP contribution in [0.1, 0.15) is 22.2 Å². The molecule has 1 aromatic heterocycles. The van der Waals surface area contributed by atoms with Crippen LogP contribution >= 0.6 is 27.3 Å². The summed E-state index contributed by atoms with van der Waals surface area (Å²) in [5.41, 5.74) is 1.79. The molecule has 0 bridgehead atoms. The highest BCUT2D eigenvalue weighted by atomic mass is 79.9. The van der Waals surface area contributed by atoms with Crippen molar-refractivity contribution < 1.29 is 24.5 Å². The molecule has 0 fully saturated rings. The molecule has 0 aliphatic carbocycles. The number of aliphatic carboxylic acids is 1. The first-order valence-electron chi connectivity index (χ1n) is 9.43. The largest absolute Gasteiger partial charge is 0.497 e. The van der Waals surface area contributed by atoms with Gasteiger partial charge in [0.15, 0.2) is 0 Å². The molecule has 2 aromatic carbocycles. The van der Waals surface area contributed by atoms with Crippen molar-refractivity contribution in [1.82, 2.24) is 9.88 Å². The molecule has 7 nitrogen and oxygen atoms in total. The van der Waals surface area contributed by atoms with Crippen molar-refractivity contribution in [1.29, 1.82) is 0 Å². The first-order valence-corrected chi connectivity index (χ1v) is 11.1. The first kappa shape index (κ1) is 23.2. The summed E-state index contributed by atoms with van der Waals surface area (Å²) < 4.78 is 11.0. The molecular weight excluding hydrogens is 484 g/mol. The number of halogens is 1. The Labute approximate surface area is 193 Å². The zero-order valence-electron chi connectivity index (χ0n) is 17.1. The minimum absolute atomic E-state index is 0.316. The van der Waals surface area contributed by atoms with Crippen LogP contribution in [-0.2, 0) is 17.9 Å². The van der Waals surface area contributed by atoms with E-state index in [1.54, 1.807) is 24.5 Å². The molecular formula is C22H23BrN2O5S. The summed E-state index contributed by atoms with van der Waals surface area (Å²) in [5, 5.41) is 23.0. The number of carboxylic acids is 1. The standard InChI is InChI=1S/C22H23BrN2O5S/c1-29-16-7-3-14(4-8-16)11-25(12-15-5-9-17(30-2)10-6-15)19(22(27)28)20(26)21-24-18(23)13-31-21/h3-10,13,19-20,26H,11-12H2,1-2H3,(H,27,28)/t19-,20-/m0/s1. The molecule has 2 atom stereocenters. The van der Waals surface area contributed by atoms with Gasteiger partial charge in [0.25, 0.3) is 0 Å². The van der Waals surface area contributed by atoms with E-state index in [1.165, 1.54) is 11.3 Å². The number of aliphatic hydroxyl groups excluding tert-OH is 1. The number of nitrogens with zero attached hydrogens (tertiary/aromatic N) is 2. The van der Waals surface area contributed by atoms with Crippen LogP contribution in [0.15, 0.2) is 58.5 Å². The Morgan fingerprint density at radius 1 is 1.03 bits per heavy atom. The second-order valence-electron chi connectivity index (χ2n) is 6.84. The zero-order valence-corrected chi connectivity index (χ0v) is 19.5. The number of hydrogen-bond acceptors (Lipinski definition) is 7. The van der Waals surface area contributed by atoms with Crippen LogP contribution in [0.4, 0.5) is 0 Å². The third-order valence-corrected chi connectivity index (χ3v) is 6.41. The molecule has 0 radical (unpaired) electrons. The summed E-state index contributed by atoms with van der Waals surface area (Å²) in [7, 11) is 3.18. The van der Waals surface area contributed by atoms with Crippen LogP contribution in [0.25, 0.3) is 0 Å². The van der Waals surface area contributed by atoms with Gasteiger partial charge in [-0.15, -0.1) is 11.3 Å². The zero-order chi connectivity index (χ0) is 22.4. The number of hydrogen-bond donors (Lipinski definition) is 2. The summed E-state index contributed by atoms with van der Waals surface area (Å²) in [6.07, 6.45) is -1.29. The van der Waals surface area contributed by atoms with Crippen molar-refractivity contribution >= 4 is 33.2 Å². The minimum atomic E-state index is -1.29. The van der Waals surface area contributed by atoms with Crippen molar-refractivity contribution in [2.24, 2.45) is 0 Å². The summed E-state index contributed by atoms with van der Waals surface area (Å²) in [4.78, 5) is 18.2. The number of aliphatic hydroxyl groups is 1. The third kappa shape index (κ3) is 6.04. The normalized spacial score (nSPS) is 13.1. The molecule has 0 saturated carbocycles. The Morgan fingerprint density at radius 2 is 1.52 bits per heavy atom. The molecule has 3 rings (SSSR count). The number of aromatic nitrogens is 1. The number of benzene rings is 2. The Morgan fingerprint density at radius 3 is 1.87 bits per heavy atom. The van der Waals surface area contributed by atoms with Gasteiger partial charge in [0.05, 0.1) is 14.2 Å². The highest BCUT2D eigenvalue weighted by Crippen LogP contribution is 2.29. The lowest BCUT2D eigenvalue weighted by molar-refractivity contribution is -0.149. The number of carboxylic acid groups (broad SMARTS) is 1. The number of rotatable bonds is 10. The fraction of sp³-hybridized carbons (Fsp3) is 0.273. The number of methoxy groups -OCH3 is 2. The Bertz CT molecular complexity index is 944. The van der Waals surface area contributed by atoms with Gasteiger partial charge >= 0.3 is 5.97 Å². The van der Waals surface area contributed by atoms with E-state index in [1.807, 2.05) is 48.5 Å². The van der Waals surface area contributed by atoms with Crippen molar-refractivity contribution in [2.75, 3.05) is 14.2 Å². The van der Waals surface area contributed by atoms with Gasteiger partial charge in [-0.05, 0) is 51.3 Å². The average molecular weight is 507 g/mol. The van der Waals surface area contributed by atoms with E-state index in [9.17, 15) is 15.0 Å². The Kier molecular flexibility index (Phi) is 8.03. The van der Waals surface area contributed by atoms with E-state index in [0.29, 0.717) is 34.2 Å². The summed E-state index contributed by atoms with van der Waals surface area (Å²) in [6.45, 7) is 0.632. The topological polar surface area (TPSA) is 92.1 Å². The van der Waals surface area contributed by atoms with Crippen molar-refractivity contribution in [2.45, 2.75) is 25.2 Å². The maximum absolute atomic E-state index is 12.3. The minimum Gasteiger partial charge on any atom is -0.497 e. The van der Waals surface area contributed by atoms with Crippen LogP contribution in [0, 0.1) is 0 Å². The molecule has 0 amide bonds. The smallest absolute Gasteiger partial charge is 0.324 e. The van der Waals surface area contributed by atoms with Gasteiger partial charge in [-0.3, -0.25) is 9.69 Å². The fourth-order valence-electron chi connectivity index (χ4n) is 3.21. The molecule has 0 spiro atoms. The predicted molar refractivity (Wildman–Crippen MR) is 121 cm³/mol. The fourth-order valence-corrected chi connectivity index (χ4v) is 4.49. The molecule has 2 N–H and O–H groups in total. The van der Waals surface area contributed by atoms with Gasteiger partial charge < -0.3 is 19.7 Å². The van der Waals surface area contributed by atoms with Crippen molar-refractivity contribution in [3.63, 3.8) is 0 Å². The molecule has 0 unspecified atom stereocenters. The van der Waals surface area contributed by atoms with Gasteiger partial charge in [0.2, 0.25) is 0 Å². The molecule has 9 heteroatoms. The highest BCUT2D eigenvalue weighted by molar-refractivity contribution is 9.10. The molecule has 1 heterocycles. The van der Waals surface area contributed by atoms with Gasteiger partial charge in [-0.2, -0.15) is 0 Å². The second kappa shape index (κ2) is 10.7. The van der Waals surface area contributed by atoms with E-state index >= 15 is 0 Å². The number of thiazole rings is 1. The van der Waals surface area contributed by atoms with E-state index in [0.717, 1.165) is 11.1 Å². The monoisotopic (exact) mass is 506 g/mol. The molecule has 0 saturated heterocycles. The number of ether oxygens (including phenoxy) is 2. The molecule has 164 valence electrons. The Balaban J connectivity index is 1.92. The maximum atomic E-state index is 12.3. The van der Waals surface area contributed by atoms with E-state index in [-0.39, 0.29) is 0 Å². The molecule has 0 aliphatic heterocycles. The summed E-state index contributed by atoms with van der Waals surface area (Å²) in [5.74, 6) is 0.307. The van der Waals surface area contributed by atoms with Gasteiger partial charge in [0.1, 0.15) is 33.3 Å².